The third-order valence-electron chi connectivity index (χ3n) is 2.31. The van der Waals surface area contributed by atoms with E-state index in [9.17, 15) is 9.18 Å². The molecule has 1 N–H and O–H groups in total. The summed E-state index contributed by atoms with van der Waals surface area (Å²) in [6, 6.07) is 4.16. The van der Waals surface area contributed by atoms with E-state index in [4.69, 9.17) is 23.2 Å². The average molecular weight is 278 g/mol. The lowest BCUT2D eigenvalue weighted by atomic mass is 10.1. The minimum atomic E-state index is -0.694. The Hall–Kier alpha value is -0.800. The molecule has 2 nitrogen and oxygen atoms in total. The van der Waals surface area contributed by atoms with Crippen LogP contribution in [-0.4, -0.2) is 23.2 Å². The number of alkyl halides is 2. The number of rotatable bonds is 4. The van der Waals surface area contributed by atoms with Crippen LogP contribution >= 0.6 is 23.2 Å². The molecule has 0 aromatic heterocycles. The Kier molecular flexibility index (Phi) is 4.78. The highest BCUT2D eigenvalue weighted by atomic mass is 35.5. The maximum Gasteiger partial charge on any atom is 0.251 e. The first kappa shape index (κ1) is 14.3. The fourth-order valence-corrected chi connectivity index (χ4v) is 1.74. The van der Waals surface area contributed by atoms with Gasteiger partial charge in [-0.05, 0) is 37.6 Å². The molecular formula is C12H14Cl2FNO. The fourth-order valence-electron chi connectivity index (χ4n) is 1.32. The average Bonchev–Trinajstić information content (AvgIpc) is 2.27. The molecule has 0 aliphatic rings. The molecule has 0 fully saturated rings. The molecule has 1 rings (SSSR count). The first-order valence-corrected chi connectivity index (χ1v) is 6.19. The first-order valence-electron chi connectivity index (χ1n) is 5.12. The van der Waals surface area contributed by atoms with Gasteiger partial charge in [0.2, 0.25) is 0 Å². The van der Waals surface area contributed by atoms with Crippen LogP contribution in [0, 0.1) is 12.7 Å². The Morgan fingerprint density at radius 3 is 2.41 bits per heavy atom. The molecule has 5 heteroatoms. The molecule has 0 bridgehead atoms. The topological polar surface area (TPSA) is 29.1 Å². The Balaban J connectivity index is 2.90. The quantitative estimate of drug-likeness (QED) is 0.842. The van der Waals surface area contributed by atoms with Gasteiger partial charge in [0, 0.05) is 17.3 Å². The van der Waals surface area contributed by atoms with E-state index < -0.39 is 11.4 Å². The third kappa shape index (κ3) is 3.86. The Morgan fingerprint density at radius 2 is 1.94 bits per heavy atom. The van der Waals surface area contributed by atoms with Crippen LogP contribution in [0.1, 0.15) is 22.8 Å². The Morgan fingerprint density at radius 1 is 1.35 bits per heavy atom. The molecule has 0 atom stereocenters. The monoisotopic (exact) mass is 277 g/mol. The maximum absolute atomic E-state index is 13.2. The predicted molar refractivity (Wildman–Crippen MR) is 68.4 cm³/mol. The van der Waals surface area contributed by atoms with Crippen molar-refractivity contribution in [3.05, 3.63) is 35.1 Å². The first-order chi connectivity index (χ1) is 7.90. The van der Waals surface area contributed by atoms with Crippen molar-refractivity contribution in [3.63, 3.8) is 0 Å². The van der Waals surface area contributed by atoms with Crippen molar-refractivity contribution in [2.75, 3.05) is 11.8 Å². The highest BCUT2D eigenvalue weighted by Crippen LogP contribution is 2.13. The summed E-state index contributed by atoms with van der Waals surface area (Å²) in [6.07, 6.45) is 0. The largest absolute Gasteiger partial charge is 0.344 e. The number of amides is 1. The minimum absolute atomic E-state index is 0.191. The number of hydrogen-bond acceptors (Lipinski definition) is 1. The Bertz CT molecular complexity index is 399. The minimum Gasteiger partial charge on any atom is -0.344 e. The van der Waals surface area contributed by atoms with Crippen LogP contribution < -0.4 is 5.32 Å². The molecular weight excluding hydrogens is 264 g/mol. The third-order valence-corrected chi connectivity index (χ3v) is 3.49. The molecule has 0 saturated heterocycles. The molecule has 17 heavy (non-hydrogen) atoms. The van der Waals surface area contributed by atoms with Crippen LogP contribution in [0.15, 0.2) is 18.2 Å². The number of aryl methyl sites for hydroxylation is 1. The lowest BCUT2D eigenvalue weighted by Crippen LogP contribution is -2.49. The van der Waals surface area contributed by atoms with E-state index in [1.165, 1.54) is 12.1 Å². The van der Waals surface area contributed by atoms with Crippen LogP contribution in [0.3, 0.4) is 0 Å². The van der Waals surface area contributed by atoms with Gasteiger partial charge < -0.3 is 5.32 Å². The van der Waals surface area contributed by atoms with E-state index in [1.54, 1.807) is 19.9 Å². The zero-order valence-corrected chi connectivity index (χ0v) is 11.2. The van der Waals surface area contributed by atoms with Gasteiger partial charge in [-0.1, -0.05) is 0 Å². The van der Waals surface area contributed by atoms with Crippen molar-refractivity contribution in [2.45, 2.75) is 19.4 Å². The number of carbonyl (C=O) groups is 1. The van der Waals surface area contributed by atoms with Gasteiger partial charge in [0.15, 0.2) is 0 Å². The number of hydrogen-bond donors (Lipinski definition) is 1. The summed E-state index contributed by atoms with van der Waals surface area (Å²) in [5, 5.41) is 2.69. The highest BCUT2D eigenvalue weighted by Gasteiger charge is 2.25. The standard InChI is InChI=1S/C12H14Cl2FNO/c1-8-3-9(5-10(15)4-8)11(17)16-12(2,6-13)7-14/h3-5H,6-7H2,1-2H3,(H,16,17). The van der Waals surface area contributed by atoms with Gasteiger partial charge in [-0.15, -0.1) is 23.2 Å². The van der Waals surface area contributed by atoms with E-state index >= 15 is 0 Å². The van der Waals surface area contributed by atoms with Gasteiger partial charge in [-0.2, -0.15) is 0 Å². The molecule has 0 aliphatic carbocycles. The second kappa shape index (κ2) is 5.69. The van der Waals surface area contributed by atoms with Gasteiger partial charge in [0.1, 0.15) is 5.82 Å². The van der Waals surface area contributed by atoms with Crippen LogP contribution in [0.5, 0.6) is 0 Å². The van der Waals surface area contributed by atoms with Gasteiger partial charge in [0.25, 0.3) is 5.91 Å². The molecule has 0 spiro atoms. The van der Waals surface area contributed by atoms with E-state index in [2.05, 4.69) is 5.32 Å². The SMILES string of the molecule is Cc1cc(F)cc(C(=O)NC(C)(CCl)CCl)c1. The molecule has 0 unspecified atom stereocenters. The molecule has 1 aromatic carbocycles. The lowest BCUT2D eigenvalue weighted by molar-refractivity contribution is 0.0921. The van der Waals surface area contributed by atoms with Crippen LogP contribution in [0.2, 0.25) is 0 Å². The summed E-state index contributed by atoms with van der Waals surface area (Å²) in [5.41, 5.74) is 0.262. The molecule has 0 radical (unpaired) electrons. The van der Waals surface area contributed by atoms with Gasteiger partial charge in [-0.3, -0.25) is 4.79 Å². The predicted octanol–water partition coefficient (Wildman–Crippen LogP) is 3.10. The van der Waals surface area contributed by atoms with Crippen molar-refractivity contribution < 1.29 is 9.18 Å². The fraction of sp³-hybridized carbons (Fsp3) is 0.417. The molecule has 0 saturated carbocycles. The second-order valence-electron chi connectivity index (χ2n) is 4.30. The van der Waals surface area contributed by atoms with Crippen LogP contribution in [0.4, 0.5) is 4.39 Å². The Labute approximate surface area is 110 Å². The molecule has 1 aromatic rings. The molecule has 0 heterocycles. The van der Waals surface area contributed by atoms with E-state index in [0.717, 1.165) is 0 Å². The van der Waals surface area contributed by atoms with E-state index in [0.29, 0.717) is 5.56 Å². The smallest absolute Gasteiger partial charge is 0.251 e. The van der Waals surface area contributed by atoms with E-state index in [1.807, 2.05) is 0 Å². The number of carbonyl (C=O) groups excluding carboxylic acids is 1. The summed E-state index contributed by atoms with van der Waals surface area (Å²) in [5.74, 6) is -0.433. The molecule has 0 aliphatic heterocycles. The van der Waals surface area contributed by atoms with E-state index in [-0.39, 0.29) is 23.2 Å². The van der Waals surface area contributed by atoms with Crippen LogP contribution in [-0.2, 0) is 0 Å². The zero-order valence-electron chi connectivity index (χ0n) is 9.69. The van der Waals surface area contributed by atoms with Gasteiger partial charge in [-0.25, -0.2) is 4.39 Å². The highest BCUT2D eigenvalue weighted by molar-refractivity contribution is 6.22. The van der Waals surface area contributed by atoms with Crippen LogP contribution in [0.25, 0.3) is 0 Å². The summed E-state index contributed by atoms with van der Waals surface area (Å²) >= 11 is 11.5. The maximum atomic E-state index is 13.2. The summed E-state index contributed by atoms with van der Waals surface area (Å²) < 4.78 is 13.2. The normalized spacial score (nSPS) is 11.4. The zero-order chi connectivity index (χ0) is 13.1. The van der Waals surface area contributed by atoms with Gasteiger partial charge in [0.05, 0.1) is 5.54 Å². The molecule has 94 valence electrons. The van der Waals surface area contributed by atoms with Gasteiger partial charge >= 0.3 is 0 Å². The van der Waals surface area contributed by atoms with Crippen molar-refractivity contribution in [1.29, 1.82) is 0 Å². The number of benzene rings is 1. The summed E-state index contributed by atoms with van der Waals surface area (Å²) in [7, 11) is 0. The van der Waals surface area contributed by atoms with Crippen molar-refractivity contribution in [2.24, 2.45) is 0 Å². The summed E-state index contributed by atoms with van der Waals surface area (Å²) in [6.45, 7) is 3.46. The van der Waals surface area contributed by atoms with Crippen molar-refractivity contribution >= 4 is 29.1 Å². The number of nitrogens with one attached hydrogen (secondary N) is 1. The second-order valence-corrected chi connectivity index (χ2v) is 4.83. The number of halogens is 3. The summed E-state index contributed by atoms with van der Waals surface area (Å²) in [4.78, 5) is 11.9. The molecule has 1 amide bonds. The van der Waals surface area contributed by atoms with Crippen molar-refractivity contribution in [3.8, 4) is 0 Å². The lowest BCUT2D eigenvalue weighted by Gasteiger charge is -2.25. The van der Waals surface area contributed by atoms with Crippen molar-refractivity contribution in [1.82, 2.24) is 5.32 Å².